The van der Waals surface area contributed by atoms with Gasteiger partial charge in [-0.05, 0) is 33.7 Å². The molecule has 0 fully saturated rings. The molecule has 0 unspecified atom stereocenters. The van der Waals surface area contributed by atoms with E-state index in [2.05, 4.69) is 25.6 Å². The van der Waals surface area contributed by atoms with E-state index in [1.807, 2.05) is 0 Å². The van der Waals surface area contributed by atoms with Gasteiger partial charge < -0.3 is 10.6 Å². The topological polar surface area (TPSA) is 62.7 Å². The van der Waals surface area contributed by atoms with Crippen LogP contribution in [0.5, 0.6) is 0 Å². The van der Waals surface area contributed by atoms with Crippen molar-refractivity contribution < 1.29 is 12.3 Å². The first-order valence-corrected chi connectivity index (χ1v) is 5.74. The van der Waals surface area contributed by atoms with Gasteiger partial charge in [0.15, 0.2) is 5.16 Å². The lowest BCUT2D eigenvalue weighted by Crippen LogP contribution is -2.27. The van der Waals surface area contributed by atoms with Gasteiger partial charge in [0.2, 0.25) is 11.9 Å². The Morgan fingerprint density at radius 1 is 1.25 bits per heavy atom. The molecule has 1 rings (SSSR count). The van der Waals surface area contributed by atoms with E-state index >= 15 is 0 Å². The van der Waals surface area contributed by atoms with Crippen molar-refractivity contribution in [2.45, 2.75) is 38.2 Å². The second kappa shape index (κ2) is 5.34. The zero-order valence-corrected chi connectivity index (χ0v) is 9.77. The first-order chi connectivity index (χ1) is 11.2. The summed E-state index contributed by atoms with van der Waals surface area (Å²) in [7, 11) is 0. The molecule has 0 saturated heterocycles. The van der Waals surface area contributed by atoms with Crippen molar-refractivity contribution in [2.24, 2.45) is 0 Å². The summed E-state index contributed by atoms with van der Waals surface area (Å²) in [5, 5.41) is 5.04. The average molecular weight is 250 g/mol. The molecular weight excluding hydrogens is 222 g/mol. The number of nitrogens with zero attached hydrogens (tertiary/aromatic N) is 3. The number of aromatic nitrogens is 3. The quantitative estimate of drug-likeness (QED) is 0.799. The SMILES string of the molecule is [2H]C([2H])([2H])C(Nc1nc(NCC)nc(SC)n1)(C([2H])([2H])[2H])C([2H])([2H])[2H]. The fourth-order valence-corrected chi connectivity index (χ4v) is 1.26. The summed E-state index contributed by atoms with van der Waals surface area (Å²) in [5.74, 6) is -0.376. The van der Waals surface area contributed by atoms with Crippen molar-refractivity contribution in [1.82, 2.24) is 15.0 Å². The van der Waals surface area contributed by atoms with Gasteiger partial charge in [0.1, 0.15) is 0 Å². The fourth-order valence-electron chi connectivity index (χ4n) is 0.909. The number of nitrogens with one attached hydrogen (secondary N) is 2. The maximum Gasteiger partial charge on any atom is 0.228 e. The molecule has 2 N–H and O–H groups in total. The third-order valence-electron chi connectivity index (χ3n) is 1.43. The summed E-state index contributed by atoms with van der Waals surface area (Å²) in [6, 6.07) is 0. The molecule has 0 radical (unpaired) electrons. The van der Waals surface area contributed by atoms with Gasteiger partial charge in [-0.3, -0.25) is 0 Å². The summed E-state index contributed by atoms with van der Waals surface area (Å²) in [6.45, 7) is -7.97. The van der Waals surface area contributed by atoms with Gasteiger partial charge in [0.05, 0.1) is 0 Å². The Morgan fingerprint density at radius 3 is 2.50 bits per heavy atom. The Bertz CT molecular complexity index is 562. The van der Waals surface area contributed by atoms with Crippen molar-refractivity contribution in [2.75, 3.05) is 23.4 Å². The number of rotatable bonds is 4. The molecule has 1 aromatic rings. The molecule has 6 heteroatoms. The molecule has 90 valence electrons. The van der Waals surface area contributed by atoms with Crippen LogP contribution in [-0.4, -0.2) is 33.3 Å². The molecule has 16 heavy (non-hydrogen) atoms. The predicted octanol–water partition coefficient (Wildman–Crippen LogP) is 2.24. The molecule has 0 atom stereocenters. The minimum Gasteiger partial charge on any atom is -0.354 e. The van der Waals surface area contributed by atoms with Crippen LogP contribution < -0.4 is 10.6 Å². The maximum atomic E-state index is 7.59. The standard InChI is InChI=1S/C10H19N5S/c1-6-11-7-12-8(15-10(2,3)4)14-9(13-7)16-5/h6H2,1-5H3,(H2,11,12,13,14,15)/i2D3,3D3,4D3. The van der Waals surface area contributed by atoms with Crippen molar-refractivity contribution >= 4 is 23.7 Å². The minimum atomic E-state index is -3.39. The van der Waals surface area contributed by atoms with E-state index in [0.717, 1.165) is 11.8 Å². The highest BCUT2D eigenvalue weighted by Crippen LogP contribution is 2.16. The normalized spacial score (nSPS) is 22.0. The fraction of sp³-hybridized carbons (Fsp3) is 0.700. The average Bonchev–Trinajstić information content (AvgIpc) is 2.40. The van der Waals surface area contributed by atoms with E-state index in [1.165, 1.54) is 0 Å². The number of thioether (sulfide) groups is 1. The van der Waals surface area contributed by atoms with Gasteiger partial charge in [-0.2, -0.15) is 15.0 Å². The van der Waals surface area contributed by atoms with E-state index in [9.17, 15) is 0 Å². The number of hydrogen-bond acceptors (Lipinski definition) is 6. The van der Waals surface area contributed by atoms with Gasteiger partial charge in [0, 0.05) is 24.4 Å². The molecule has 0 aliphatic carbocycles. The predicted molar refractivity (Wildman–Crippen MR) is 69.1 cm³/mol. The molecule has 0 aliphatic heterocycles. The molecular formula is C10H19N5S. The third kappa shape index (κ3) is 4.22. The lowest BCUT2D eigenvalue weighted by Gasteiger charge is -2.20. The lowest BCUT2D eigenvalue weighted by atomic mass is 10.1. The van der Waals surface area contributed by atoms with Crippen LogP contribution in [0, 0.1) is 0 Å². The van der Waals surface area contributed by atoms with Crippen LogP contribution in [0.25, 0.3) is 0 Å². The van der Waals surface area contributed by atoms with Gasteiger partial charge in [-0.15, -0.1) is 0 Å². The van der Waals surface area contributed by atoms with Crippen molar-refractivity contribution in [3.8, 4) is 0 Å². The molecule has 0 spiro atoms. The van der Waals surface area contributed by atoms with Crippen LogP contribution in [0.2, 0.25) is 0 Å². The first-order valence-electron chi connectivity index (χ1n) is 9.01. The Hall–Kier alpha value is -1.04. The summed E-state index contributed by atoms with van der Waals surface area (Å²) < 4.78 is 68.3. The molecule has 1 aromatic heterocycles. The molecule has 1 heterocycles. The van der Waals surface area contributed by atoms with Crippen LogP contribution in [0.1, 0.15) is 39.8 Å². The first kappa shape index (κ1) is 5.08. The molecule has 0 aromatic carbocycles. The van der Waals surface area contributed by atoms with Gasteiger partial charge >= 0.3 is 0 Å². The zero-order valence-electron chi connectivity index (χ0n) is 18.0. The van der Waals surface area contributed by atoms with Crippen LogP contribution in [-0.2, 0) is 0 Å². The zero-order chi connectivity index (χ0) is 19.7. The Morgan fingerprint density at radius 2 is 1.94 bits per heavy atom. The summed E-state index contributed by atoms with van der Waals surface area (Å²) in [4.78, 5) is 11.8. The molecule has 0 bridgehead atoms. The van der Waals surface area contributed by atoms with E-state index in [0.29, 0.717) is 6.54 Å². The second-order valence-corrected chi connectivity index (χ2v) is 3.65. The van der Waals surface area contributed by atoms with Crippen molar-refractivity contribution in [1.29, 1.82) is 0 Å². The van der Waals surface area contributed by atoms with Crippen molar-refractivity contribution in [3.05, 3.63) is 0 Å². The van der Waals surface area contributed by atoms with Crippen LogP contribution in [0.3, 0.4) is 0 Å². The van der Waals surface area contributed by atoms with E-state index in [4.69, 9.17) is 12.3 Å². The Kier molecular flexibility index (Phi) is 1.69. The summed E-state index contributed by atoms with van der Waals surface area (Å²) >= 11 is 1.11. The Labute approximate surface area is 114 Å². The van der Waals surface area contributed by atoms with E-state index in [-0.39, 0.29) is 11.1 Å². The highest BCUT2D eigenvalue weighted by molar-refractivity contribution is 7.98. The highest BCUT2D eigenvalue weighted by Gasteiger charge is 2.13. The third-order valence-corrected chi connectivity index (χ3v) is 1.98. The van der Waals surface area contributed by atoms with E-state index < -0.39 is 32.0 Å². The monoisotopic (exact) mass is 250 g/mol. The van der Waals surface area contributed by atoms with Gasteiger partial charge in [-0.1, -0.05) is 11.8 Å². The summed E-state index contributed by atoms with van der Waals surface area (Å²) in [6.07, 6.45) is 1.65. The molecule has 0 aliphatic rings. The minimum absolute atomic E-state index is 0.0693. The smallest absolute Gasteiger partial charge is 0.228 e. The lowest BCUT2D eigenvalue weighted by molar-refractivity contribution is 0.622. The van der Waals surface area contributed by atoms with Crippen LogP contribution >= 0.6 is 11.8 Å². The molecule has 5 nitrogen and oxygen atoms in total. The van der Waals surface area contributed by atoms with Gasteiger partial charge in [0.25, 0.3) is 0 Å². The van der Waals surface area contributed by atoms with Crippen LogP contribution in [0.4, 0.5) is 11.9 Å². The highest BCUT2D eigenvalue weighted by atomic mass is 32.2. The van der Waals surface area contributed by atoms with Crippen molar-refractivity contribution in [3.63, 3.8) is 0 Å². The summed E-state index contributed by atoms with van der Waals surface area (Å²) in [5.41, 5.74) is -3.24. The molecule has 0 saturated carbocycles. The van der Waals surface area contributed by atoms with Gasteiger partial charge in [-0.25, -0.2) is 0 Å². The number of anilines is 2. The van der Waals surface area contributed by atoms with Crippen LogP contribution in [0.15, 0.2) is 5.16 Å². The maximum absolute atomic E-state index is 7.59. The Balaban J connectivity index is 3.58. The second-order valence-electron chi connectivity index (χ2n) is 2.87. The van der Waals surface area contributed by atoms with E-state index in [1.54, 1.807) is 13.2 Å². The molecule has 0 amide bonds. The number of hydrogen-bond donors (Lipinski definition) is 2. The largest absolute Gasteiger partial charge is 0.354 e.